The summed E-state index contributed by atoms with van der Waals surface area (Å²) in [4.78, 5) is 21.1. The van der Waals surface area contributed by atoms with Crippen LogP contribution in [0.3, 0.4) is 0 Å². The predicted molar refractivity (Wildman–Crippen MR) is 39.7 cm³/mol. The molecule has 1 fully saturated rings. The minimum absolute atomic E-state index is 0.0544. The monoisotopic (exact) mass is 159 g/mol. The van der Waals surface area contributed by atoms with Crippen LogP contribution in [-0.2, 0) is 9.59 Å². The third-order valence-electron chi connectivity index (χ3n) is 1.27. The Kier molecular flexibility index (Phi) is 2.32. The van der Waals surface area contributed by atoms with E-state index >= 15 is 0 Å². The van der Waals surface area contributed by atoms with E-state index in [-0.39, 0.29) is 16.3 Å². The molecule has 1 N–H and O–H groups in total. The van der Waals surface area contributed by atoms with Gasteiger partial charge < -0.3 is 5.32 Å². The number of hydrogen-bond donors (Lipinski definition) is 1. The van der Waals surface area contributed by atoms with E-state index in [1.54, 1.807) is 0 Å². The summed E-state index contributed by atoms with van der Waals surface area (Å²) >= 11 is 1.24. The van der Waals surface area contributed by atoms with Gasteiger partial charge in [0.1, 0.15) is 0 Å². The summed E-state index contributed by atoms with van der Waals surface area (Å²) in [5, 5.41) is 2.92. The van der Waals surface area contributed by atoms with E-state index in [1.807, 2.05) is 0 Å². The Balaban J connectivity index is 2.31. The van der Waals surface area contributed by atoms with Crippen molar-refractivity contribution in [1.82, 2.24) is 5.32 Å². The van der Waals surface area contributed by atoms with Crippen LogP contribution in [0.1, 0.15) is 13.3 Å². The lowest BCUT2D eigenvalue weighted by atomic mass is 10.4. The zero-order valence-corrected chi connectivity index (χ0v) is 6.53. The van der Waals surface area contributed by atoms with Crippen molar-refractivity contribution < 1.29 is 9.59 Å². The molecule has 0 spiro atoms. The topological polar surface area (TPSA) is 46.2 Å². The molecule has 0 aromatic rings. The number of carbonyl (C=O) groups is 2. The summed E-state index contributed by atoms with van der Waals surface area (Å²) in [6.07, 6.45) is 0.490. The Bertz CT molecular complexity index is 169. The highest BCUT2D eigenvalue weighted by atomic mass is 32.2. The maximum absolute atomic E-state index is 10.6. The summed E-state index contributed by atoms with van der Waals surface area (Å²) < 4.78 is 0. The Morgan fingerprint density at radius 2 is 2.50 bits per heavy atom. The van der Waals surface area contributed by atoms with Crippen molar-refractivity contribution in [3.05, 3.63) is 0 Å². The number of carbonyl (C=O) groups excluding carboxylic acids is 2. The molecule has 10 heavy (non-hydrogen) atoms. The van der Waals surface area contributed by atoms with Gasteiger partial charge in [-0.05, 0) is 0 Å². The van der Waals surface area contributed by atoms with Gasteiger partial charge in [0.25, 0.3) is 0 Å². The van der Waals surface area contributed by atoms with Crippen molar-refractivity contribution in [3.8, 4) is 0 Å². The van der Waals surface area contributed by atoms with Crippen LogP contribution in [0.25, 0.3) is 0 Å². The number of nitrogens with one attached hydrogen (secondary N) is 1. The van der Waals surface area contributed by atoms with Crippen LogP contribution < -0.4 is 5.32 Å². The van der Waals surface area contributed by atoms with Gasteiger partial charge in [0.15, 0.2) is 5.12 Å². The zero-order chi connectivity index (χ0) is 7.56. The van der Waals surface area contributed by atoms with Gasteiger partial charge in [-0.15, -0.1) is 0 Å². The number of hydrogen-bond acceptors (Lipinski definition) is 3. The summed E-state index contributed by atoms with van der Waals surface area (Å²) in [6.45, 7) is 2.16. The van der Waals surface area contributed by atoms with Gasteiger partial charge in [-0.1, -0.05) is 11.8 Å². The van der Waals surface area contributed by atoms with Crippen LogP contribution in [0.4, 0.5) is 0 Å². The third-order valence-corrected chi connectivity index (χ3v) is 2.27. The van der Waals surface area contributed by atoms with Crippen molar-refractivity contribution in [2.45, 2.75) is 18.6 Å². The Morgan fingerprint density at radius 3 is 2.90 bits per heavy atom. The predicted octanol–water partition coefficient (Wildman–Crippen LogP) is 0.155. The average molecular weight is 159 g/mol. The minimum Gasteiger partial charge on any atom is -0.355 e. The van der Waals surface area contributed by atoms with Crippen LogP contribution in [0, 0.1) is 0 Å². The second-order valence-electron chi connectivity index (χ2n) is 2.24. The largest absolute Gasteiger partial charge is 0.355 e. The molecule has 0 aromatic carbocycles. The fourth-order valence-electron chi connectivity index (χ4n) is 0.897. The summed E-state index contributed by atoms with van der Waals surface area (Å²) in [5.74, 6) is 0.0544. The van der Waals surface area contributed by atoms with Gasteiger partial charge in [-0.2, -0.15) is 0 Å². The molecule has 1 saturated heterocycles. The molecule has 1 atom stereocenters. The van der Waals surface area contributed by atoms with Crippen LogP contribution in [0.5, 0.6) is 0 Å². The SMILES string of the molecule is CC(=O)S[C@@H]1CNC(=O)C1. The third kappa shape index (κ3) is 2.02. The quantitative estimate of drug-likeness (QED) is 0.592. The Hall–Kier alpha value is -0.510. The zero-order valence-electron chi connectivity index (χ0n) is 5.72. The lowest BCUT2D eigenvalue weighted by Crippen LogP contribution is -2.14. The molecule has 0 radical (unpaired) electrons. The second-order valence-corrected chi connectivity index (χ2v) is 3.72. The fraction of sp³-hybridized carbons (Fsp3) is 0.667. The van der Waals surface area contributed by atoms with Gasteiger partial charge in [-0.3, -0.25) is 9.59 Å². The standard InChI is InChI=1S/C6H9NO2S/c1-4(8)10-5-2-6(9)7-3-5/h5H,2-3H2,1H3,(H,7,9)/t5-/m0/s1. The number of rotatable bonds is 1. The van der Waals surface area contributed by atoms with Crippen LogP contribution in [0.2, 0.25) is 0 Å². The van der Waals surface area contributed by atoms with Gasteiger partial charge in [-0.25, -0.2) is 0 Å². The first-order chi connectivity index (χ1) is 4.68. The maximum atomic E-state index is 10.6. The molecule has 0 bridgehead atoms. The molecule has 1 rings (SSSR count). The molecule has 1 aliphatic rings. The molecule has 1 amide bonds. The highest BCUT2D eigenvalue weighted by molar-refractivity contribution is 8.14. The molecule has 1 heterocycles. The van der Waals surface area contributed by atoms with Crippen LogP contribution in [-0.4, -0.2) is 22.8 Å². The van der Waals surface area contributed by atoms with Crippen LogP contribution >= 0.6 is 11.8 Å². The summed E-state index contributed by atoms with van der Waals surface area (Å²) in [5.41, 5.74) is 0. The molecule has 3 nitrogen and oxygen atoms in total. The normalized spacial score (nSPS) is 24.5. The van der Waals surface area contributed by atoms with Gasteiger partial charge >= 0.3 is 0 Å². The molecule has 0 saturated carbocycles. The van der Waals surface area contributed by atoms with E-state index < -0.39 is 0 Å². The maximum Gasteiger partial charge on any atom is 0.221 e. The summed E-state index contributed by atoms with van der Waals surface area (Å²) in [6, 6.07) is 0. The van der Waals surface area contributed by atoms with Crippen LogP contribution in [0.15, 0.2) is 0 Å². The number of amides is 1. The van der Waals surface area contributed by atoms with Crippen molar-refractivity contribution >= 4 is 22.8 Å². The molecule has 0 aromatic heterocycles. The first-order valence-corrected chi connectivity index (χ1v) is 4.00. The average Bonchev–Trinajstić information content (AvgIpc) is 2.13. The smallest absolute Gasteiger partial charge is 0.221 e. The van der Waals surface area contributed by atoms with Crippen molar-refractivity contribution in [2.24, 2.45) is 0 Å². The van der Waals surface area contributed by atoms with E-state index in [9.17, 15) is 9.59 Å². The lowest BCUT2D eigenvalue weighted by Gasteiger charge is -2.00. The van der Waals surface area contributed by atoms with E-state index in [4.69, 9.17) is 0 Å². The van der Waals surface area contributed by atoms with Crippen molar-refractivity contribution in [1.29, 1.82) is 0 Å². The van der Waals surface area contributed by atoms with Gasteiger partial charge in [0.2, 0.25) is 5.91 Å². The van der Waals surface area contributed by atoms with Gasteiger partial charge in [0.05, 0.1) is 0 Å². The molecular formula is C6H9NO2S. The first kappa shape index (κ1) is 7.60. The van der Waals surface area contributed by atoms with E-state index in [0.29, 0.717) is 13.0 Å². The molecule has 0 unspecified atom stereocenters. The van der Waals surface area contributed by atoms with Gasteiger partial charge in [0, 0.05) is 25.1 Å². The molecule has 1 aliphatic heterocycles. The lowest BCUT2D eigenvalue weighted by molar-refractivity contribution is -0.119. The number of thioether (sulfide) groups is 1. The van der Waals surface area contributed by atoms with Crippen molar-refractivity contribution in [2.75, 3.05) is 6.54 Å². The molecular weight excluding hydrogens is 150 g/mol. The van der Waals surface area contributed by atoms with E-state index in [2.05, 4.69) is 5.32 Å². The molecule has 0 aliphatic carbocycles. The summed E-state index contributed by atoms with van der Waals surface area (Å²) in [7, 11) is 0. The van der Waals surface area contributed by atoms with E-state index in [0.717, 1.165) is 0 Å². The Labute approximate surface area is 63.6 Å². The second kappa shape index (κ2) is 3.05. The van der Waals surface area contributed by atoms with E-state index in [1.165, 1.54) is 18.7 Å². The molecule has 56 valence electrons. The fourth-order valence-corrected chi connectivity index (χ4v) is 1.77. The molecule has 4 heteroatoms. The highest BCUT2D eigenvalue weighted by Gasteiger charge is 2.22. The van der Waals surface area contributed by atoms with Crippen molar-refractivity contribution in [3.63, 3.8) is 0 Å². The first-order valence-electron chi connectivity index (χ1n) is 3.12. The highest BCUT2D eigenvalue weighted by Crippen LogP contribution is 2.17. The Morgan fingerprint density at radius 1 is 1.80 bits per heavy atom. The minimum atomic E-state index is 0.0544.